The van der Waals surface area contributed by atoms with Gasteiger partial charge in [-0.3, -0.25) is 9.59 Å². The molecule has 1 atom stereocenters. The Morgan fingerprint density at radius 1 is 1.13 bits per heavy atom. The van der Waals surface area contributed by atoms with Crippen molar-refractivity contribution in [1.29, 1.82) is 0 Å². The molecule has 0 fully saturated rings. The maximum absolute atomic E-state index is 15.0. The SMILES string of the molecule is C[C@@H](CCCn1ccc2cc(-c3nc4ccccn4n3)c(F)cc2c1=O)Nc1cn[nH]c(=O)c1C(F)(F)F. The highest BCUT2D eigenvalue weighted by Crippen LogP contribution is 2.32. The van der Waals surface area contributed by atoms with Crippen LogP contribution in [-0.4, -0.2) is 35.4 Å². The summed E-state index contributed by atoms with van der Waals surface area (Å²) in [7, 11) is 0. The molecule has 5 aromatic rings. The molecule has 4 heterocycles. The van der Waals surface area contributed by atoms with E-state index in [1.807, 2.05) is 0 Å². The summed E-state index contributed by atoms with van der Waals surface area (Å²) in [5.41, 5.74) is -2.75. The summed E-state index contributed by atoms with van der Waals surface area (Å²) in [6.07, 6.45) is 0.187. The Hall–Kier alpha value is -4.55. The summed E-state index contributed by atoms with van der Waals surface area (Å²) in [5, 5.41) is 12.9. The van der Waals surface area contributed by atoms with Crippen molar-refractivity contribution < 1.29 is 17.6 Å². The lowest BCUT2D eigenvalue weighted by Crippen LogP contribution is -2.27. The van der Waals surface area contributed by atoms with E-state index in [1.165, 1.54) is 15.1 Å². The van der Waals surface area contributed by atoms with E-state index in [1.54, 1.807) is 48.7 Å². The smallest absolute Gasteiger partial charge is 0.381 e. The summed E-state index contributed by atoms with van der Waals surface area (Å²) >= 11 is 0. The number of halogens is 4. The van der Waals surface area contributed by atoms with E-state index in [0.717, 1.165) is 12.3 Å². The number of fused-ring (bicyclic) bond motifs is 2. The Kier molecular flexibility index (Phi) is 6.43. The van der Waals surface area contributed by atoms with Gasteiger partial charge in [0.25, 0.3) is 11.1 Å². The molecule has 0 radical (unpaired) electrons. The van der Waals surface area contributed by atoms with Gasteiger partial charge in [0.1, 0.15) is 11.4 Å². The van der Waals surface area contributed by atoms with Crippen molar-refractivity contribution in [3.8, 4) is 11.4 Å². The number of nitrogens with zero attached hydrogens (tertiary/aromatic N) is 5. The van der Waals surface area contributed by atoms with Crippen molar-refractivity contribution in [2.75, 3.05) is 5.32 Å². The van der Waals surface area contributed by atoms with E-state index in [2.05, 4.69) is 20.5 Å². The van der Waals surface area contributed by atoms with E-state index < -0.39 is 40.4 Å². The van der Waals surface area contributed by atoms with E-state index >= 15 is 0 Å². The lowest BCUT2D eigenvalue weighted by molar-refractivity contribution is -0.138. The zero-order valence-corrected chi connectivity index (χ0v) is 20.0. The molecule has 0 aliphatic heterocycles. The van der Waals surface area contributed by atoms with Crippen LogP contribution in [0, 0.1) is 5.82 Å². The average molecular weight is 527 g/mol. The molecule has 196 valence electrons. The molecular weight excluding hydrogens is 506 g/mol. The number of alkyl halides is 3. The van der Waals surface area contributed by atoms with Crippen LogP contribution in [0.4, 0.5) is 23.2 Å². The summed E-state index contributed by atoms with van der Waals surface area (Å²) in [5.74, 6) is -0.432. The second-order valence-electron chi connectivity index (χ2n) is 8.85. The molecule has 5 rings (SSSR count). The van der Waals surface area contributed by atoms with Crippen LogP contribution in [0.5, 0.6) is 0 Å². The molecule has 0 saturated carbocycles. The number of aromatic amines is 1. The lowest BCUT2D eigenvalue weighted by Gasteiger charge is -2.18. The average Bonchev–Trinajstić information content (AvgIpc) is 3.29. The van der Waals surface area contributed by atoms with Crippen LogP contribution >= 0.6 is 0 Å². The second-order valence-corrected chi connectivity index (χ2v) is 8.85. The van der Waals surface area contributed by atoms with Crippen LogP contribution in [0.15, 0.2) is 64.6 Å². The number of nitrogens with one attached hydrogen (secondary N) is 2. The highest BCUT2D eigenvalue weighted by atomic mass is 19.4. The maximum Gasteiger partial charge on any atom is 0.423 e. The van der Waals surface area contributed by atoms with Crippen molar-refractivity contribution >= 4 is 22.1 Å². The van der Waals surface area contributed by atoms with Crippen molar-refractivity contribution in [3.05, 3.63) is 87.1 Å². The van der Waals surface area contributed by atoms with Gasteiger partial charge in [-0.05, 0) is 55.5 Å². The molecule has 2 N–H and O–H groups in total. The third-order valence-electron chi connectivity index (χ3n) is 6.12. The monoisotopic (exact) mass is 527 g/mol. The topological polar surface area (TPSA) is 110 Å². The number of H-pyrrole nitrogens is 1. The highest BCUT2D eigenvalue weighted by molar-refractivity contribution is 5.86. The van der Waals surface area contributed by atoms with Gasteiger partial charge in [0.15, 0.2) is 11.5 Å². The van der Waals surface area contributed by atoms with Gasteiger partial charge < -0.3 is 9.88 Å². The Bertz CT molecular complexity index is 1720. The minimum absolute atomic E-state index is 0.172. The predicted molar refractivity (Wildman–Crippen MR) is 132 cm³/mol. The first-order valence-corrected chi connectivity index (χ1v) is 11.7. The zero-order valence-electron chi connectivity index (χ0n) is 20.0. The third-order valence-corrected chi connectivity index (χ3v) is 6.12. The van der Waals surface area contributed by atoms with Crippen LogP contribution in [0.3, 0.4) is 0 Å². The number of rotatable bonds is 7. The van der Waals surface area contributed by atoms with Crippen LogP contribution < -0.4 is 16.4 Å². The summed E-state index contributed by atoms with van der Waals surface area (Å²) < 4.78 is 57.7. The summed E-state index contributed by atoms with van der Waals surface area (Å²) in [6.45, 7) is 1.92. The minimum atomic E-state index is -4.84. The predicted octanol–water partition coefficient (Wildman–Crippen LogP) is 4.23. The van der Waals surface area contributed by atoms with Gasteiger partial charge >= 0.3 is 6.18 Å². The van der Waals surface area contributed by atoms with E-state index in [-0.39, 0.29) is 23.3 Å². The molecule has 0 aliphatic carbocycles. The van der Waals surface area contributed by atoms with Gasteiger partial charge in [-0.1, -0.05) is 6.07 Å². The molecule has 0 aliphatic rings. The van der Waals surface area contributed by atoms with Crippen molar-refractivity contribution in [3.63, 3.8) is 0 Å². The Morgan fingerprint density at radius 3 is 2.71 bits per heavy atom. The normalized spacial score (nSPS) is 12.8. The number of aryl methyl sites for hydroxylation is 1. The fourth-order valence-electron chi connectivity index (χ4n) is 4.29. The number of benzene rings is 1. The molecule has 0 bridgehead atoms. The Morgan fingerprint density at radius 2 is 1.95 bits per heavy atom. The van der Waals surface area contributed by atoms with Crippen LogP contribution in [0.1, 0.15) is 25.3 Å². The van der Waals surface area contributed by atoms with Crippen molar-refractivity contribution in [1.82, 2.24) is 29.4 Å². The first-order valence-electron chi connectivity index (χ1n) is 11.7. The van der Waals surface area contributed by atoms with Gasteiger partial charge in [-0.15, -0.1) is 5.10 Å². The maximum atomic E-state index is 15.0. The lowest BCUT2D eigenvalue weighted by atomic mass is 10.1. The van der Waals surface area contributed by atoms with E-state index in [4.69, 9.17) is 0 Å². The number of pyridine rings is 2. The van der Waals surface area contributed by atoms with Gasteiger partial charge in [-0.2, -0.15) is 18.3 Å². The first-order chi connectivity index (χ1) is 18.1. The quantitative estimate of drug-likeness (QED) is 0.307. The van der Waals surface area contributed by atoms with E-state index in [0.29, 0.717) is 23.9 Å². The van der Waals surface area contributed by atoms with Crippen LogP contribution in [0.25, 0.3) is 27.8 Å². The van der Waals surface area contributed by atoms with Gasteiger partial charge in [-0.25, -0.2) is 19.0 Å². The standard InChI is InChI=1S/C25H21F4N7O2/c1-14(31-19-13-30-33-23(37)21(19)25(27,28)29)5-4-8-35-10-7-15-11-17(18(26)12-16(15)24(35)38)22-32-20-6-2-3-9-36(20)34-22/h2-3,6-7,9-14H,4-5,8H2,1H3,(H2,31,33,37)/t14-/m0/s1. The largest absolute Gasteiger partial charge is 0.423 e. The molecule has 0 unspecified atom stereocenters. The third kappa shape index (κ3) is 4.86. The molecule has 0 spiro atoms. The number of hydrogen-bond acceptors (Lipinski definition) is 6. The molecule has 9 nitrogen and oxygen atoms in total. The van der Waals surface area contributed by atoms with Crippen molar-refractivity contribution in [2.24, 2.45) is 0 Å². The van der Waals surface area contributed by atoms with E-state index in [9.17, 15) is 27.2 Å². The summed E-state index contributed by atoms with van der Waals surface area (Å²) in [4.78, 5) is 29.0. The fraction of sp³-hybridized carbons (Fsp3) is 0.240. The van der Waals surface area contributed by atoms with Gasteiger partial charge in [0.05, 0.1) is 22.8 Å². The van der Waals surface area contributed by atoms with Gasteiger partial charge in [0.2, 0.25) is 0 Å². The molecule has 4 aromatic heterocycles. The Balaban J connectivity index is 1.31. The van der Waals surface area contributed by atoms with Crippen LogP contribution in [-0.2, 0) is 12.7 Å². The van der Waals surface area contributed by atoms with Gasteiger partial charge in [0, 0.05) is 25.0 Å². The molecule has 38 heavy (non-hydrogen) atoms. The number of aromatic nitrogens is 6. The molecule has 0 amide bonds. The minimum Gasteiger partial charge on any atom is -0.381 e. The summed E-state index contributed by atoms with van der Waals surface area (Å²) in [6, 6.07) is 9.26. The first kappa shape index (κ1) is 25.1. The number of anilines is 1. The molecule has 0 saturated heterocycles. The van der Waals surface area contributed by atoms with Crippen molar-refractivity contribution in [2.45, 2.75) is 38.5 Å². The second kappa shape index (κ2) is 9.72. The zero-order chi connectivity index (χ0) is 27.0. The number of hydrogen-bond donors (Lipinski definition) is 2. The fourth-order valence-corrected chi connectivity index (χ4v) is 4.29. The Labute approximate surface area is 211 Å². The molecule has 1 aromatic carbocycles. The highest BCUT2D eigenvalue weighted by Gasteiger charge is 2.37. The van der Waals surface area contributed by atoms with Crippen LogP contribution in [0.2, 0.25) is 0 Å². The molecule has 13 heteroatoms. The molecular formula is C25H21F4N7O2.